The molecule has 0 amide bonds. The molecule has 0 saturated carbocycles. The van der Waals surface area contributed by atoms with E-state index >= 15 is 0 Å². The summed E-state index contributed by atoms with van der Waals surface area (Å²) in [5.41, 5.74) is 0. The van der Waals surface area contributed by atoms with Crippen molar-refractivity contribution in [2.45, 2.75) is 77.2 Å². The Balaban J connectivity index is 1.99. The van der Waals surface area contributed by atoms with Gasteiger partial charge in [0.25, 0.3) is 0 Å². The Bertz CT molecular complexity index is 186. The van der Waals surface area contributed by atoms with E-state index < -0.39 is 0 Å². The zero-order chi connectivity index (χ0) is 11.6. The average Bonchev–Trinajstić information content (AvgIpc) is 2.34. The fourth-order valence-corrected chi connectivity index (χ4v) is 2.51. The topological polar surface area (TPSA) is 20.2 Å². The molecule has 0 aliphatic heterocycles. The van der Waals surface area contributed by atoms with E-state index in [1.807, 2.05) is 0 Å². The molecule has 0 aromatic carbocycles. The molecule has 1 heteroatoms. The van der Waals surface area contributed by atoms with Crippen LogP contribution in [0.15, 0.2) is 12.2 Å². The van der Waals surface area contributed by atoms with Gasteiger partial charge >= 0.3 is 0 Å². The summed E-state index contributed by atoms with van der Waals surface area (Å²) in [6.45, 7) is 2.25. The minimum Gasteiger partial charge on any atom is -0.393 e. The van der Waals surface area contributed by atoms with Crippen molar-refractivity contribution >= 4 is 0 Å². The smallest absolute Gasteiger partial charge is 0.0602 e. The van der Waals surface area contributed by atoms with Gasteiger partial charge in [0.05, 0.1) is 6.10 Å². The van der Waals surface area contributed by atoms with Gasteiger partial charge in [-0.25, -0.2) is 0 Å². The first-order valence-corrected chi connectivity index (χ1v) is 7.19. The highest BCUT2D eigenvalue weighted by atomic mass is 16.3. The lowest BCUT2D eigenvalue weighted by Gasteiger charge is -2.22. The van der Waals surface area contributed by atoms with Crippen LogP contribution in [-0.4, -0.2) is 11.2 Å². The van der Waals surface area contributed by atoms with E-state index in [9.17, 15) is 5.11 Å². The normalized spacial score (nSPS) is 22.2. The SMILES string of the molecule is CCCCCCCC[C@H](O)[C@@H]1C=CCCC1. The number of unbranched alkanes of at least 4 members (excludes halogenated alkanes) is 5. The third-order valence-corrected chi connectivity index (χ3v) is 3.64. The van der Waals surface area contributed by atoms with E-state index in [0.717, 1.165) is 6.42 Å². The zero-order valence-electron chi connectivity index (χ0n) is 10.8. The Morgan fingerprint density at radius 2 is 1.94 bits per heavy atom. The lowest BCUT2D eigenvalue weighted by atomic mass is 9.88. The fourth-order valence-electron chi connectivity index (χ4n) is 2.51. The maximum absolute atomic E-state index is 10.0. The van der Waals surface area contributed by atoms with Crippen LogP contribution in [0.3, 0.4) is 0 Å². The number of rotatable bonds is 8. The average molecular weight is 224 g/mol. The van der Waals surface area contributed by atoms with E-state index in [1.165, 1.54) is 57.8 Å². The largest absolute Gasteiger partial charge is 0.393 e. The number of hydrogen-bond acceptors (Lipinski definition) is 1. The summed E-state index contributed by atoms with van der Waals surface area (Å²) in [5.74, 6) is 0.449. The Morgan fingerprint density at radius 3 is 2.62 bits per heavy atom. The summed E-state index contributed by atoms with van der Waals surface area (Å²) in [6, 6.07) is 0. The molecule has 1 aliphatic rings. The molecule has 0 spiro atoms. The molecule has 0 unspecified atom stereocenters. The molecule has 0 bridgehead atoms. The van der Waals surface area contributed by atoms with Crippen molar-refractivity contribution in [3.8, 4) is 0 Å². The van der Waals surface area contributed by atoms with Gasteiger partial charge in [-0.3, -0.25) is 0 Å². The highest BCUT2D eigenvalue weighted by molar-refractivity contribution is 4.95. The predicted octanol–water partition coefficient (Wildman–Crippen LogP) is 4.45. The first kappa shape index (κ1) is 13.8. The van der Waals surface area contributed by atoms with Gasteiger partial charge in [-0.1, -0.05) is 57.6 Å². The van der Waals surface area contributed by atoms with Crippen molar-refractivity contribution in [3.63, 3.8) is 0 Å². The Labute approximate surface area is 101 Å². The molecule has 1 N–H and O–H groups in total. The second kappa shape index (κ2) is 8.81. The Morgan fingerprint density at radius 1 is 1.19 bits per heavy atom. The van der Waals surface area contributed by atoms with Gasteiger partial charge in [-0.15, -0.1) is 0 Å². The lowest BCUT2D eigenvalue weighted by molar-refractivity contribution is 0.110. The van der Waals surface area contributed by atoms with Crippen LogP contribution in [0.25, 0.3) is 0 Å². The summed E-state index contributed by atoms with van der Waals surface area (Å²) < 4.78 is 0. The number of allylic oxidation sites excluding steroid dienone is 1. The van der Waals surface area contributed by atoms with Crippen LogP contribution in [-0.2, 0) is 0 Å². The minimum absolute atomic E-state index is 0.0808. The molecule has 1 nitrogen and oxygen atoms in total. The van der Waals surface area contributed by atoms with E-state index in [-0.39, 0.29) is 6.10 Å². The summed E-state index contributed by atoms with van der Waals surface area (Å²) in [7, 11) is 0. The molecular weight excluding hydrogens is 196 g/mol. The number of hydrogen-bond donors (Lipinski definition) is 1. The molecule has 94 valence electrons. The van der Waals surface area contributed by atoms with E-state index in [4.69, 9.17) is 0 Å². The zero-order valence-corrected chi connectivity index (χ0v) is 10.8. The van der Waals surface area contributed by atoms with Crippen molar-refractivity contribution in [2.75, 3.05) is 0 Å². The summed E-state index contributed by atoms with van der Waals surface area (Å²) in [5, 5.41) is 10.0. The predicted molar refractivity (Wildman–Crippen MR) is 70.5 cm³/mol. The van der Waals surface area contributed by atoms with Crippen LogP contribution in [0.4, 0.5) is 0 Å². The van der Waals surface area contributed by atoms with E-state index in [1.54, 1.807) is 0 Å². The van der Waals surface area contributed by atoms with Gasteiger partial charge in [0.15, 0.2) is 0 Å². The van der Waals surface area contributed by atoms with Crippen molar-refractivity contribution in [3.05, 3.63) is 12.2 Å². The summed E-state index contributed by atoms with van der Waals surface area (Å²) in [6.07, 6.45) is 16.9. The van der Waals surface area contributed by atoms with Crippen LogP contribution in [0.1, 0.15) is 71.1 Å². The highest BCUT2D eigenvalue weighted by Crippen LogP contribution is 2.23. The van der Waals surface area contributed by atoms with Gasteiger partial charge in [0, 0.05) is 5.92 Å². The molecule has 0 radical (unpaired) electrons. The summed E-state index contributed by atoms with van der Waals surface area (Å²) in [4.78, 5) is 0. The van der Waals surface area contributed by atoms with Crippen molar-refractivity contribution in [1.82, 2.24) is 0 Å². The molecule has 0 fully saturated rings. The molecule has 0 aromatic rings. The van der Waals surface area contributed by atoms with Gasteiger partial charge in [-0.2, -0.15) is 0 Å². The second-order valence-electron chi connectivity index (χ2n) is 5.15. The third-order valence-electron chi connectivity index (χ3n) is 3.64. The number of aliphatic hydroxyl groups excluding tert-OH is 1. The highest BCUT2D eigenvalue weighted by Gasteiger charge is 2.17. The molecule has 0 saturated heterocycles. The van der Waals surface area contributed by atoms with Gasteiger partial charge in [-0.05, 0) is 25.7 Å². The molecule has 0 aromatic heterocycles. The summed E-state index contributed by atoms with van der Waals surface area (Å²) >= 11 is 0. The number of aliphatic hydroxyl groups is 1. The van der Waals surface area contributed by atoms with Gasteiger partial charge in [0.1, 0.15) is 0 Å². The van der Waals surface area contributed by atoms with E-state index in [0.29, 0.717) is 5.92 Å². The van der Waals surface area contributed by atoms with Gasteiger partial charge < -0.3 is 5.11 Å². The maximum Gasteiger partial charge on any atom is 0.0602 e. The molecule has 2 atom stereocenters. The first-order valence-electron chi connectivity index (χ1n) is 7.19. The molecule has 1 rings (SSSR count). The monoisotopic (exact) mass is 224 g/mol. The fraction of sp³-hybridized carbons (Fsp3) is 0.867. The molecular formula is C15H28O. The molecule has 16 heavy (non-hydrogen) atoms. The quantitative estimate of drug-likeness (QED) is 0.477. The van der Waals surface area contributed by atoms with Crippen LogP contribution >= 0.6 is 0 Å². The van der Waals surface area contributed by atoms with Crippen LogP contribution in [0.5, 0.6) is 0 Å². The molecule has 1 aliphatic carbocycles. The third kappa shape index (κ3) is 5.69. The minimum atomic E-state index is -0.0808. The Hall–Kier alpha value is -0.300. The maximum atomic E-state index is 10.0. The van der Waals surface area contributed by atoms with Crippen molar-refractivity contribution < 1.29 is 5.11 Å². The van der Waals surface area contributed by atoms with Gasteiger partial charge in [0.2, 0.25) is 0 Å². The van der Waals surface area contributed by atoms with Crippen molar-refractivity contribution in [2.24, 2.45) is 5.92 Å². The Kier molecular flexibility index (Phi) is 7.58. The van der Waals surface area contributed by atoms with Crippen LogP contribution in [0.2, 0.25) is 0 Å². The second-order valence-corrected chi connectivity index (χ2v) is 5.15. The molecule has 0 heterocycles. The van der Waals surface area contributed by atoms with Crippen molar-refractivity contribution in [1.29, 1.82) is 0 Å². The first-order chi connectivity index (χ1) is 7.84. The van der Waals surface area contributed by atoms with Crippen LogP contribution in [0, 0.1) is 5.92 Å². The lowest BCUT2D eigenvalue weighted by Crippen LogP contribution is -2.19. The standard InChI is InChI=1S/C15H28O/c1-2-3-4-5-6-10-13-15(16)14-11-8-7-9-12-14/h8,11,14-16H,2-7,9-10,12-13H2,1H3/t14-,15+/m1/s1. The van der Waals surface area contributed by atoms with Crippen LogP contribution < -0.4 is 0 Å². The van der Waals surface area contributed by atoms with E-state index in [2.05, 4.69) is 19.1 Å².